The van der Waals surface area contributed by atoms with Gasteiger partial charge in [-0.05, 0) is 48.9 Å². The molecule has 32 heavy (non-hydrogen) atoms. The Kier molecular flexibility index (Phi) is 5.95. The molecule has 1 fully saturated rings. The van der Waals surface area contributed by atoms with Crippen molar-refractivity contribution in [2.45, 2.75) is 24.4 Å². The molecule has 2 amide bonds. The molecule has 1 saturated heterocycles. The first-order valence-electron chi connectivity index (χ1n) is 8.88. The van der Waals surface area contributed by atoms with Crippen LogP contribution in [0.3, 0.4) is 0 Å². The number of carbonyl (C=O) groups excluding carboxylic acids is 2. The van der Waals surface area contributed by atoms with E-state index in [1.165, 1.54) is 19.1 Å². The third kappa shape index (κ3) is 4.85. The number of hydrogen-bond acceptors (Lipinski definition) is 6. The lowest BCUT2D eigenvalue weighted by molar-refractivity contribution is -0.167. The van der Waals surface area contributed by atoms with Crippen molar-refractivity contribution in [3.8, 4) is 0 Å². The normalized spacial score (nSPS) is 16.1. The second-order valence-electron chi connectivity index (χ2n) is 6.81. The molecule has 2 aromatic carbocycles. The number of nitrogens with zero attached hydrogens (tertiary/aromatic N) is 1. The van der Waals surface area contributed by atoms with E-state index in [1.54, 1.807) is 5.32 Å². The molecular weight excluding hydrogens is 475 g/mol. The summed E-state index contributed by atoms with van der Waals surface area (Å²) in [5.74, 6) is -3.23. The molecule has 3 rings (SSSR count). The summed E-state index contributed by atoms with van der Waals surface area (Å²) in [6.45, 7) is 1.47. The predicted molar refractivity (Wildman–Crippen MR) is 109 cm³/mol. The van der Waals surface area contributed by atoms with Crippen LogP contribution in [0.25, 0.3) is 0 Å². The van der Waals surface area contributed by atoms with E-state index in [0.717, 1.165) is 30.3 Å². The van der Waals surface area contributed by atoms with Gasteiger partial charge in [0.25, 0.3) is 10.0 Å². The molecule has 0 aromatic heterocycles. The van der Waals surface area contributed by atoms with E-state index in [-0.39, 0.29) is 39.7 Å². The van der Waals surface area contributed by atoms with Gasteiger partial charge in [0.1, 0.15) is 0 Å². The van der Waals surface area contributed by atoms with Gasteiger partial charge in [0.2, 0.25) is 15.9 Å². The second kappa shape index (κ2) is 8.09. The molecule has 0 atom stereocenters. The van der Waals surface area contributed by atoms with Gasteiger partial charge in [-0.3, -0.25) is 14.3 Å². The van der Waals surface area contributed by atoms with Crippen LogP contribution in [0.2, 0.25) is 0 Å². The zero-order chi connectivity index (χ0) is 23.9. The summed E-state index contributed by atoms with van der Waals surface area (Å²) in [5.41, 5.74) is -0.0843. The van der Waals surface area contributed by atoms with Gasteiger partial charge < -0.3 is 5.32 Å². The maximum absolute atomic E-state index is 12.8. The minimum Gasteiger partial charge on any atom is -0.318 e. The maximum Gasteiger partial charge on any atom is 0.471 e. The Labute approximate surface area is 181 Å². The summed E-state index contributed by atoms with van der Waals surface area (Å²) in [6.07, 6.45) is -5.29. The summed E-state index contributed by atoms with van der Waals surface area (Å²) in [6, 6.07) is 8.12. The van der Waals surface area contributed by atoms with E-state index < -0.39 is 38.0 Å². The van der Waals surface area contributed by atoms with E-state index in [0.29, 0.717) is 4.31 Å². The van der Waals surface area contributed by atoms with Crippen LogP contribution in [0, 0.1) is 6.92 Å². The van der Waals surface area contributed by atoms with Crippen LogP contribution in [0.15, 0.2) is 47.4 Å². The van der Waals surface area contributed by atoms with Crippen molar-refractivity contribution in [2.75, 3.05) is 20.1 Å². The van der Waals surface area contributed by atoms with Crippen molar-refractivity contribution in [1.29, 1.82) is 0 Å². The summed E-state index contributed by atoms with van der Waals surface area (Å²) in [7, 11) is -8.15. The summed E-state index contributed by atoms with van der Waals surface area (Å²) < 4.78 is 89.6. The fourth-order valence-corrected chi connectivity index (χ4v) is 5.68. The Hall–Kier alpha value is -3.13. The van der Waals surface area contributed by atoms with Crippen molar-refractivity contribution in [3.63, 3.8) is 0 Å². The number of hydrogen-bond donors (Lipinski definition) is 2. The van der Waals surface area contributed by atoms with E-state index in [1.807, 2.05) is 0 Å². The molecule has 2 N–H and O–H groups in total. The van der Waals surface area contributed by atoms with Crippen molar-refractivity contribution < 1.29 is 39.6 Å². The highest BCUT2D eigenvalue weighted by atomic mass is 32.2. The van der Waals surface area contributed by atoms with Gasteiger partial charge in [-0.1, -0.05) is 6.07 Å². The fourth-order valence-electron chi connectivity index (χ4n) is 2.91. The molecule has 1 heterocycles. The minimum absolute atomic E-state index is 0.0234. The number of nitrogens with one attached hydrogen (secondary N) is 2. The van der Waals surface area contributed by atoms with E-state index in [9.17, 15) is 39.6 Å². The quantitative estimate of drug-likeness (QED) is 0.661. The number of aryl methyl sites for hydroxylation is 1. The molecule has 2 aromatic rings. The second-order valence-corrected chi connectivity index (χ2v) is 10.4. The molecule has 0 spiro atoms. The average Bonchev–Trinajstić information content (AvgIpc) is 2.95. The topological polar surface area (TPSA) is 130 Å². The van der Waals surface area contributed by atoms with Crippen LogP contribution < -0.4 is 14.3 Å². The Morgan fingerprint density at radius 3 is 2.19 bits per heavy atom. The molecule has 1 aliphatic heterocycles. The maximum atomic E-state index is 12.8. The standard InChI is InChI=1S/C18H16F3N3O6S2/c1-11-2-7-14(24-16(25)8-9-31(24,27)28)10-15(11)32(29,30)23-13-5-3-12(4-6-13)22-17(26)18(19,20)21/h2-7,10,23H,8-9H2,1H3,(H,22,26). The smallest absolute Gasteiger partial charge is 0.318 e. The van der Waals surface area contributed by atoms with Crippen LogP contribution in [-0.2, 0) is 29.6 Å². The Bertz CT molecular complexity index is 1290. The average molecular weight is 491 g/mol. The highest BCUT2D eigenvalue weighted by molar-refractivity contribution is 7.94. The molecule has 0 saturated carbocycles. The summed E-state index contributed by atoms with van der Waals surface area (Å²) in [4.78, 5) is 22.6. The zero-order valence-electron chi connectivity index (χ0n) is 16.3. The van der Waals surface area contributed by atoms with Crippen molar-refractivity contribution in [1.82, 2.24) is 0 Å². The number of amides is 2. The fraction of sp³-hybridized carbons (Fsp3) is 0.222. The number of benzene rings is 2. The first-order chi connectivity index (χ1) is 14.7. The Balaban J connectivity index is 1.86. The van der Waals surface area contributed by atoms with Crippen LogP contribution in [0.5, 0.6) is 0 Å². The summed E-state index contributed by atoms with van der Waals surface area (Å²) >= 11 is 0. The Morgan fingerprint density at radius 2 is 1.66 bits per heavy atom. The van der Waals surface area contributed by atoms with Crippen LogP contribution in [-0.4, -0.2) is 40.6 Å². The van der Waals surface area contributed by atoms with Gasteiger partial charge in [-0.25, -0.2) is 21.1 Å². The van der Waals surface area contributed by atoms with Crippen molar-refractivity contribution in [2.24, 2.45) is 0 Å². The number of alkyl halides is 3. The van der Waals surface area contributed by atoms with Gasteiger partial charge in [0, 0.05) is 17.8 Å². The van der Waals surface area contributed by atoms with E-state index >= 15 is 0 Å². The molecule has 1 aliphatic rings. The zero-order valence-corrected chi connectivity index (χ0v) is 17.9. The highest BCUT2D eigenvalue weighted by Crippen LogP contribution is 2.30. The van der Waals surface area contributed by atoms with Gasteiger partial charge in [-0.15, -0.1) is 0 Å². The van der Waals surface area contributed by atoms with Crippen molar-refractivity contribution in [3.05, 3.63) is 48.0 Å². The molecular formula is C18H16F3N3O6S2. The number of sulfonamides is 2. The van der Waals surface area contributed by atoms with E-state index in [4.69, 9.17) is 0 Å². The van der Waals surface area contributed by atoms with Gasteiger partial charge in [0.15, 0.2) is 0 Å². The monoisotopic (exact) mass is 491 g/mol. The van der Waals surface area contributed by atoms with Crippen LogP contribution in [0.1, 0.15) is 12.0 Å². The molecule has 14 heteroatoms. The van der Waals surface area contributed by atoms with Crippen molar-refractivity contribution >= 4 is 48.9 Å². The third-order valence-corrected chi connectivity index (χ3v) is 7.64. The molecule has 0 bridgehead atoms. The predicted octanol–water partition coefficient (Wildman–Crippen LogP) is 2.36. The number of rotatable bonds is 5. The molecule has 0 unspecified atom stereocenters. The number of anilines is 3. The number of halogens is 3. The molecule has 9 nitrogen and oxygen atoms in total. The SMILES string of the molecule is Cc1ccc(N2C(=O)CCS2(=O)=O)cc1S(=O)(=O)Nc1ccc(NC(=O)C(F)(F)F)cc1. The first kappa shape index (κ1) is 23.5. The van der Waals surface area contributed by atoms with Gasteiger partial charge in [0.05, 0.1) is 16.3 Å². The lowest BCUT2D eigenvalue weighted by atomic mass is 10.2. The minimum atomic E-state index is -5.08. The number of carbonyl (C=O) groups is 2. The van der Waals surface area contributed by atoms with Gasteiger partial charge in [-0.2, -0.15) is 13.2 Å². The molecule has 0 aliphatic carbocycles. The summed E-state index contributed by atoms with van der Waals surface area (Å²) in [5, 5.41) is 1.63. The highest BCUT2D eigenvalue weighted by Gasteiger charge is 2.39. The van der Waals surface area contributed by atoms with Crippen LogP contribution >= 0.6 is 0 Å². The molecule has 0 radical (unpaired) electrons. The first-order valence-corrected chi connectivity index (χ1v) is 12.0. The third-order valence-electron chi connectivity index (χ3n) is 4.43. The largest absolute Gasteiger partial charge is 0.471 e. The van der Waals surface area contributed by atoms with E-state index in [2.05, 4.69) is 4.72 Å². The lowest BCUT2D eigenvalue weighted by Crippen LogP contribution is -2.29. The van der Waals surface area contributed by atoms with Gasteiger partial charge >= 0.3 is 12.1 Å². The lowest BCUT2D eigenvalue weighted by Gasteiger charge is -2.18. The Morgan fingerprint density at radius 1 is 1.06 bits per heavy atom. The van der Waals surface area contributed by atoms with Crippen LogP contribution in [0.4, 0.5) is 30.2 Å². The molecule has 172 valence electrons.